The zero-order valence-electron chi connectivity index (χ0n) is 10.4. The van der Waals surface area contributed by atoms with Crippen LogP contribution in [0.1, 0.15) is 16.1 Å². The molecule has 1 aromatic carbocycles. The molecule has 6 heteroatoms. The fraction of sp³-hybridized carbons (Fsp3) is 0.143. The number of nitrogens with zero attached hydrogens (tertiary/aromatic N) is 1. The summed E-state index contributed by atoms with van der Waals surface area (Å²) in [5.41, 5.74) is 1.12. The molecule has 0 aliphatic carbocycles. The number of nitrogens with one attached hydrogen (secondary N) is 1. The van der Waals surface area contributed by atoms with Crippen LogP contribution in [0.4, 0.5) is 0 Å². The van der Waals surface area contributed by atoms with E-state index in [2.05, 4.69) is 10.3 Å². The summed E-state index contributed by atoms with van der Waals surface area (Å²) in [5, 5.41) is 12.4. The van der Waals surface area contributed by atoms with Gasteiger partial charge in [0.2, 0.25) is 0 Å². The molecule has 2 rings (SSSR count). The van der Waals surface area contributed by atoms with Gasteiger partial charge in [-0.25, -0.2) is 4.98 Å². The van der Waals surface area contributed by atoms with E-state index < -0.39 is 0 Å². The molecule has 0 aliphatic heterocycles. The second kappa shape index (κ2) is 6.59. The summed E-state index contributed by atoms with van der Waals surface area (Å²) in [6.45, 7) is 0.439. The van der Waals surface area contributed by atoms with E-state index in [4.69, 9.17) is 23.2 Å². The predicted octanol–water partition coefficient (Wildman–Crippen LogP) is 3.07. The monoisotopic (exact) mass is 310 g/mol. The molecule has 0 bridgehead atoms. The molecular formula is C14H12Cl2N2O2. The summed E-state index contributed by atoms with van der Waals surface area (Å²) in [4.78, 5) is 15.8. The molecule has 0 aliphatic rings. The first-order valence-corrected chi connectivity index (χ1v) is 6.70. The van der Waals surface area contributed by atoms with Crippen molar-refractivity contribution in [2.45, 2.75) is 6.42 Å². The molecular weight excluding hydrogens is 299 g/mol. The van der Waals surface area contributed by atoms with Gasteiger partial charge in [0.05, 0.1) is 5.02 Å². The molecule has 0 atom stereocenters. The van der Waals surface area contributed by atoms with E-state index in [0.717, 1.165) is 5.56 Å². The van der Waals surface area contributed by atoms with Crippen molar-refractivity contribution in [3.05, 3.63) is 57.8 Å². The average Bonchev–Trinajstić information content (AvgIpc) is 2.43. The number of halogens is 2. The Labute approximate surface area is 126 Å². The minimum Gasteiger partial charge on any atom is -0.508 e. The Morgan fingerprint density at radius 3 is 2.55 bits per heavy atom. The lowest BCUT2D eigenvalue weighted by molar-refractivity contribution is 0.0949. The third-order valence-electron chi connectivity index (χ3n) is 2.66. The lowest BCUT2D eigenvalue weighted by atomic mass is 10.1. The van der Waals surface area contributed by atoms with Crippen LogP contribution >= 0.6 is 23.2 Å². The number of carbonyl (C=O) groups excluding carboxylic acids is 1. The van der Waals surface area contributed by atoms with Crippen molar-refractivity contribution >= 4 is 29.1 Å². The van der Waals surface area contributed by atoms with Gasteiger partial charge in [0, 0.05) is 6.54 Å². The van der Waals surface area contributed by atoms with Gasteiger partial charge < -0.3 is 10.4 Å². The zero-order chi connectivity index (χ0) is 14.5. The van der Waals surface area contributed by atoms with Crippen molar-refractivity contribution < 1.29 is 9.90 Å². The van der Waals surface area contributed by atoms with Crippen LogP contribution in [0, 0.1) is 0 Å². The first-order chi connectivity index (χ1) is 9.56. The van der Waals surface area contributed by atoms with Gasteiger partial charge >= 0.3 is 0 Å². The van der Waals surface area contributed by atoms with E-state index >= 15 is 0 Å². The Bertz CT molecular complexity index is 615. The third-order valence-corrected chi connectivity index (χ3v) is 3.18. The fourth-order valence-corrected chi connectivity index (χ4v) is 1.98. The lowest BCUT2D eigenvalue weighted by Crippen LogP contribution is -2.26. The maximum Gasteiger partial charge on any atom is 0.271 e. The average molecular weight is 311 g/mol. The van der Waals surface area contributed by atoms with Gasteiger partial charge in [-0.05, 0) is 36.2 Å². The van der Waals surface area contributed by atoms with Gasteiger partial charge in [-0.1, -0.05) is 35.3 Å². The highest BCUT2D eigenvalue weighted by Gasteiger charge is 2.12. The number of pyridine rings is 1. The van der Waals surface area contributed by atoms with E-state index in [9.17, 15) is 9.90 Å². The molecule has 20 heavy (non-hydrogen) atoms. The highest BCUT2D eigenvalue weighted by Crippen LogP contribution is 2.16. The number of benzene rings is 1. The summed E-state index contributed by atoms with van der Waals surface area (Å²) in [6.07, 6.45) is 0.643. The quantitative estimate of drug-likeness (QED) is 0.853. The molecule has 1 amide bonds. The first kappa shape index (κ1) is 14.6. The van der Waals surface area contributed by atoms with Crippen LogP contribution in [-0.4, -0.2) is 22.5 Å². The molecule has 0 spiro atoms. The Kier molecular flexibility index (Phi) is 4.82. The normalized spacial score (nSPS) is 10.3. The van der Waals surface area contributed by atoms with Crippen molar-refractivity contribution in [1.82, 2.24) is 10.3 Å². The summed E-state index contributed by atoms with van der Waals surface area (Å²) in [5.74, 6) is -0.149. The van der Waals surface area contributed by atoms with Crippen molar-refractivity contribution in [2.75, 3.05) is 6.54 Å². The third kappa shape index (κ3) is 3.85. The zero-order valence-corrected chi connectivity index (χ0v) is 11.9. The smallest absolute Gasteiger partial charge is 0.271 e. The molecule has 0 radical (unpaired) electrons. The first-order valence-electron chi connectivity index (χ1n) is 5.94. The number of carbonyl (C=O) groups is 1. The number of amides is 1. The van der Waals surface area contributed by atoms with Crippen LogP contribution in [0.2, 0.25) is 10.2 Å². The standard InChI is InChI=1S/C14H12Cl2N2O2/c15-11-5-6-12(16)18-13(11)14(20)17-8-7-9-1-3-10(19)4-2-9/h1-6,19H,7-8H2,(H,17,20). The molecule has 0 saturated heterocycles. The van der Waals surface area contributed by atoms with Gasteiger partial charge in [0.1, 0.15) is 16.6 Å². The van der Waals surface area contributed by atoms with Crippen molar-refractivity contribution in [1.29, 1.82) is 0 Å². The van der Waals surface area contributed by atoms with Crippen LogP contribution in [0.5, 0.6) is 5.75 Å². The van der Waals surface area contributed by atoms with Crippen LogP contribution < -0.4 is 5.32 Å². The Balaban J connectivity index is 1.92. The van der Waals surface area contributed by atoms with E-state index in [1.54, 1.807) is 24.3 Å². The molecule has 0 fully saturated rings. The molecule has 1 heterocycles. The Morgan fingerprint density at radius 1 is 1.15 bits per heavy atom. The predicted molar refractivity (Wildman–Crippen MR) is 78.4 cm³/mol. The van der Waals surface area contributed by atoms with E-state index in [1.807, 2.05) is 0 Å². The van der Waals surface area contributed by atoms with E-state index in [-0.39, 0.29) is 27.5 Å². The highest BCUT2D eigenvalue weighted by molar-refractivity contribution is 6.34. The van der Waals surface area contributed by atoms with Crippen LogP contribution in [0.3, 0.4) is 0 Å². The molecule has 4 nitrogen and oxygen atoms in total. The van der Waals surface area contributed by atoms with E-state index in [1.165, 1.54) is 12.1 Å². The van der Waals surface area contributed by atoms with Crippen LogP contribution in [0.15, 0.2) is 36.4 Å². The van der Waals surface area contributed by atoms with Crippen LogP contribution in [-0.2, 0) is 6.42 Å². The summed E-state index contributed by atoms with van der Waals surface area (Å²) < 4.78 is 0. The number of rotatable bonds is 4. The van der Waals surface area contributed by atoms with Gasteiger partial charge in [0.25, 0.3) is 5.91 Å². The Morgan fingerprint density at radius 2 is 1.85 bits per heavy atom. The second-order valence-electron chi connectivity index (χ2n) is 4.14. The van der Waals surface area contributed by atoms with Crippen molar-refractivity contribution in [3.8, 4) is 5.75 Å². The minimum absolute atomic E-state index is 0.116. The molecule has 2 aromatic rings. The largest absolute Gasteiger partial charge is 0.508 e. The topological polar surface area (TPSA) is 62.2 Å². The number of phenolic OH excluding ortho intramolecular Hbond substituents is 1. The fourth-order valence-electron chi connectivity index (χ4n) is 1.64. The second-order valence-corrected chi connectivity index (χ2v) is 4.93. The number of aromatic nitrogens is 1. The van der Waals surface area contributed by atoms with Crippen molar-refractivity contribution in [2.24, 2.45) is 0 Å². The minimum atomic E-state index is -0.365. The van der Waals surface area contributed by atoms with Gasteiger partial charge in [-0.15, -0.1) is 0 Å². The van der Waals surface area contributed by atoms with Gasteiger partial charge in [-0.3, -0.25) is 4.79 Å². The van der Waals surface area contributed by atoms with Gasteiger partial charge in [-0.2, -0.15) is 0 Å². The summed E-state index contributed by atoms with van der Waals surface area (Å²) in [7, 11) is 0. The molecule has 104 valence electrons. The maximum atomic E-state index is 11.9. The van der Waals surface area contributed by atoms with Gasteiger partial charge in [0.15, 0.2) is 0 Å². The number of hydrogen-bond donors (Lipinski definition) is 2. The number of hydrogen-bond acceptors (Lipinski definition) is 3. The van der Waals surface area contributed by atoms with Crippen LogP contribution in [0.25, 0.3) is 0 Å². The van der Waals surface area contributed by atoms with E-state index in [0.29, 0.717) is 13.0 Å². The number of phenols is 1. The number of aromatic hydroxyl groups is 1. The molecule has 0 saturated carbocycles. The maximum absolute atomic E-state index is 11.9. The lowest BCUT2D eigenvalue weighted by Gasteiger charge is -2.06. The molecule has 1 aromatic heterocycles. The van der Waals surface area contributed by atoms with Crippen molar-refractivity contribution in [3.63, 3.8) is 0 Å². The SMILES string of the molecule is O=C(NCCc1ccc(O)cc1)c1nc(Cl)ccc1Cl. The molecule has 2 N–H and O–H groups in total. The molecule has 0 unspecified atom stereocenters. The Hall–Kier alpha value is -1.78. The summed E-state index contributed by atoms with van der Waals surface area (Å²) in [6, 6.07) is 9.86. The summed E-state index contributed by atoms with van der Waals surface area (Å²) >= 11 is 11.6. The highest BCUT2D eigenvalue weighted by atomic mass is 35.5.